The number of amides is 1. The second-order valence-corrected chi connectivity index (χ2v) is 6.95. The molecule has 0 bridgehead atoms. The van der Waals surface area contributed by atoms with E-state index in [2.05, 4.69) is 44.5 Å². The Morgan fingerprint density at radius 3 is 2.66 bits per heavy atom. The number of methoxy groups -OCH3 is 1. The topological polar surface area (TPSA) is 70.6 Å². The molecule has 0 aliphatic carbocycles. The average molecular weight is 442 g/mol. The number of carbonyl (C=O) groups is 1. The molecule has 3 rings (SSSR count). The summed E-state index contributed by atoms with van der Waals surface area (Å²) < 4.78 is 5.28. The Kier molecular flexibility index (Phi) is 10.2. The summed E-state index contributed by atoms with van der Waals surface area (Å²) in [5.41, 5.74) is 1.65. The Labute approximate surface area is 184 Å². The molecule has 7 nitrogen and oxygen atoms in total. The average Bonchev–Trinajstić information content (AvgIpc) is 3.13. The van der Waals surface area contributed by atoms with Gasteiger partial charge in [0.1, 0.15) is 5.56 Å². The standard InChI is InChI=1S/C20H27N5O2.2ClH/c1-24(2)20-22-13-17(19(23-20)27-3)18(26)21-12-16-10-7-11-25(16)14-15-8-5-4-6-9-15;;/h4-6,8-9,13,16H,7,10-12,14H2,1-3H3,(H,21,26);2*1H. The van der Waals surface area contributed by atoms with Crippen LogP contribution in [-0.2, 0) is 6.54 Å². The number of aromatic nitrogens is 2. The molecule has 0 spiro atoms. The van der Waals surface area contributed by atoms with Crippen LogP contribution >= 0.6 is 24.8 Å². The van der Waals surface area contributed by atoms with E-state index in [1.807, 2.05) is 20.2 Å². The second-order valence-electron chi connectivity index (χ2n) is 6.95. The zero-order valence-electron chi connectivity index (χ0n) is 17.0. The third kappa shape index (κ3) is 6.45. The van der Waals surface area contributed by atoms with Gasteiger partial charge in [0.25, 0.3) is 5.91 Å². The summed E-state index contributed by atoms with van der Waals surface area (Å²) in [4.78, 5) is 25.3. The first kappa shape index (κ1) is 24.9. The number of hydrogen-bond acceptors (Lipinski definition) is 6. The minimum Gasteiger partial charge on any atom is -0.480 e. The summed E-state index contributed by atoms with van der Waals surface area (Å²) in [6, 6.07) is 10.8. The predicted octanol–water partition coefficient (Wildman–Crippen LogP) is 2.79. The van der Waals surface area contributed by atoms with Crippen molar-refractivity contribution in [3.63, 3.8) is 0 Å². The maximum atomic E-state index is 12.6. The summed E-state index contributed by atoms with van der Waals surface area (Å²) >= 11 is 0. The normalized spacial score (nSPS) is 15.8. The summed E-state index contributed by atoms with van der Waals surface area (Å²) in [6.07, 6.45) is 3.75. The van der Waals surface area contributed by atoms with Crippen LogP contribution in [0, 0.1) is 0 Å². The van der Waals surface area contributed by atoms with Crippen LogP contribution in [0.3, 0.4) is 0 Å². The van der Waals surface area contributed by atoms with Gasteiger partial charge in [-0.25, -0.2) is 4.98 Å². The van der Waals surface area contributed by atoms with Crippen LogP contribution in [0.4, 0.5) is 5.95 Å². The zero-order chi connectivity index (χ0) is 19.2. The lowest BCUT2D eigenvalue weighted by Crippen LogP contribution is -2.40. The SMILES string of the molecule is COc1nc(N(C)C)ncc1C(=O)NCC1CCCN1Cc1ccccc1.Cl.Cl. The van der Waals surface area contributed by atoms with E-state index in [1.54, 1.807) is 4.90 Å². The van der Waals surface area contributed by atoms with E-state index in [-0.39, 0.29) is 30.7 Å². The number of hydrogen-bond donors (Lipinski definition) is 1. The van der Waals surface area contributed by atoms with Gasteiger partial charge in [0.15, 0.2) is 0 Å². The number of halogens is 2. The van der Waals surface area contributed by atoms with Gasteiger partial charge in [0.05, 0.1) is 7.11 Å². The maximum absolute atomic E-state index is 12.6. The molecule has 160 valence electrons. The Balaban J connectivity index is 0.00000210. The van der Waals surface area contributed by atoms with E-state index in [1.165, 1.54) is 18.9 Å². The molecule has 1 aliphatic heterocycles. The highest BCUT2D eigenvalue weighted by Gasteiger charge is 2.25. The number of anilines is 1. The number of likely N-dealkylation sites (tertiary alicyclic amines) is 1. The molecule has 1 unspecified atom stereocenters. The van der Waals surface area contributed by atoms with E-state index >= 15 is 0 Å². The lowest BCUT2D eigenvalue weighted by molar-refractivity contribution is 0.0935. The largest absolute Gasteiger partial charge is 0.480 e. The molecule has 2 aromatic rings. The molecule has 1 atom stereocenters. The fraction of sp³-hybridized carbons (Fsp3) is 0.450. The molecule has 2 heterocycles. The van der Waals surface area contributed by atoms with Crippen molar-refractivity contribution in [3.05, 3.63) is 47.7 Å². The molecule has 1 aromatic heterocycles. The van der Waals surface area contributed by atoms with Crippen molar-refractivity contribution in [2.75, 3.05) is 39.2 Å². The summed E-state index contributed by atoms with van der Waals surface area (Å²) in [5, 5.41) is 3.03. The highest BCUT2D eigenvalue weighted by atomic mass is 35.5. The van der Waals surface area contributed by atoms with Gasteiger partial charge in [-0.05, 0) is 24.9 Å². The van der Waals surface area contributed by atoms with Crippen molar-refractivity contribution in [2.45, 2.75) is 25.4 Å². The van der Waals surface area contributed by atoms with Crippen LogP contribution < -0.4 is 15.0 Å². The first-order valence-corrected chi connectivity index (χ1v) is 9.23. The zero-order valence-corrected chi connectivity index (χ0v) is 18.6. The molecule has 1 N–H and O–H groups in total. The summed E-state index contributed by atoms with van der Waals surface area (Å²) in [7, 11) is 5.20. The molecule has 1 aromatic carbocycles. The lowest BCUT2D eigenvalue weighted by atomic mass is 10.1. The Morgan fingerprint density at radius 1 is 1.28 bits per heavy atom. The first-order valence-electron chi connectivity index (χ1n) is 9.23. The lowest BCUT2D eigenvalue weighted by Gasteiger charge is -2.25. The van der Waals surface area contributed by atoms with Gasteiger partial charge in [-0.15, -0.1) is 24.8 Å². The number of nitrogens with one attached hydrogen (secondary N) is 1. The fourth-order valence-corrected chi connectivity index (χ4v) is 3.34. The fourth-order valence-electron chi connectivity index (χ4n) is 3.34. The van der Waals surface area contributed by atoms with Crippen molar-refractivity contribution in [1.29, 1.82) is 0 Å². The highest BCUT2D eigenvalue weighted by molar-refractivity contribution is 5.96. The van der Waals surface area contributed by atoms with Crippen LogP contribution in [0.15, 0.2) is 36.5 Å². The molecule has 1 aliphatic rings. The Bertz CT molecular complexity index is 777. The van der Waals surface area contributed by atoms with Gasteiger partial charge >= 0.3 is 0 Å². The quantitative estimate of drug-likeness (QED) is 0.711. The molecule has 0 radical (unpaired) electrons. The first-order chi connectivity index (χ1) is 13.1. The molecule has 1 amide bonds. The third-order valence-corrected chi connectivity index (χ3v) is 4.80. The third-order valence-electron chi connectivity index (χ3n) is 4.80. The van der Waals surface area contributed by atoms with Crippen LogP contribution in [0.25, 0.3) is 0 Å². The van der Waals surface area contributed by atoms with Gasteiger partial charge < -0.3 is 15.0 Å². The van der Waals surface area contributed by atoms with Gasteiger partial charge in [0.2, 0.25) is 11.8 Å². The molecule has 0 saturated carbocycles. The molecular formula is C20H29Cl2N5O2. The van der Waals surface area contributed by atoms with Crippen molar-refractivity contribution in [2.24, 2.45) is 0 Å². The highest BCUT2D eigenvalue weighted by Crippen LogP contribution is 2.21. The predicted molar refractivity (Wildman–Crippen MR) is 120 cm³/mol. The van der Waals surface area contributed by atoms with Crippen LogP contribution in [-0.4, -0.2) is 61.1 Å². The van der Waals surface area contributed by atoms with Crippen molar-refractivity contribution in [1.82, 2.24) is 20.2 Å². The number of rotatable bonds is 7. The smallest absolute Gasteiger partial charge is 0.258 e. The van der Waals surface area contributed by atoms with Gasteiger partial charge in [-0.3, -0.25) is 9.69 Å². The maximum Gasteiger partial charge on any atom is 0.258 e. The minimum atomic E-state index is -0.205. The number of ether oxygens (including phenoxy) is 1. The van der Waals surface area contributed by atoms with Gasteiger partial charge in [0, 0.05) is 39.4 Å². The Hall–Kier alpha value is -2.09. The summed E-state index contributed by atoms with van der Waals surface area (Å²) in [5.74, 6) is 0.593. The second kappa shape index (κ2) is 11.8. The van der Waals surface area contributed by atoms with Crippen molar-refractivity contribution < 1.29 is 9.53 Å². The summed E-state index contributed by atoms with van der Waals surface area (Å²) in [6.45, 7) is 2.56. The number of benzene rings is 1. The Morgan fingerprint density at radius 2 is 2.00 bits per heavy atom. The van der Waals surface area contributed by atoms with E-state index < -0.39 is 0 Å². The van der Waals surface area contributed by atoms with Crippen molar-refractivity contribution >= 4 is 36.7 Å². The number of carbonyl (C=O) groups excluding carboxylic acids is 1. The van der Waals surface area contributed by atoms with Crippen LogP contribution in [0.5, 0.6) is 5.88 Å². The van der Waals surface area contributed by atoms with E-state index in [9.17, 15) is 4.79 Å². The molecular weight excluding hydrogens is 413 g/mol. The molecule has 29 heavy (non-hydrogen) atoms. The van der Waals surface area contributed by atoms with Crippen molar-refractivity contribution in [3.8, 4) is 5.88 Å². The van der Waals surface area contributed by atoms with Gasteiger partial charge in [-0.2, -0.15) is 4.98 Å². The van der Waals surface area contributed by atoms with Gasteiger partial charge in [-0.1, -0.05) is 30.3 Å². The van der Waals surface area contributed by atoms with Crippen LogP contribution in [0.2, 0.25) is 0 Å². The van der Waals surface area contributed by atoms with Crippen LogP contribution in [0.1, 0.15) is 28.8 Å². The van der Waals surface area contributed by atoms with E-state index in [0.717, 1.165) is 25.9 Å². The minimum absolute atomic E-state index is 0. The molecule has 1 saturated heterocycles. The monoisotopic (exact) mass is 441 g/mol. The van der Waals surface area contributed by atoms with E-state index in [4.69, 9.17) is 4.74 Å². The molecule has 1 fully saturated rings. The van der Waals surface area contributed by atoms with E-state index in [0.29, 0.717) is 30.0 Å². The number of nitrogens with zero attached hydrogens (tertiary/aromatic N) is 4. The molecule has 9 heteroatoms.